The van der Waals surface area contributed by atoms with Gasteiger partial charge in [0.2, 0.25) is 0 Å². The van der Waals surface area contributed by atoms with Crippen molar-refractivity contribution in [2.75, 3.05) is 0 Å². The molecule has 1 N–H and O–H groups in total. The molecule has 1 nitrogen and oxygen atoms in total. The lowest BCUT2D eigenvalue weighted by Crippen LogP contribution is -2.04. The highest BCUT2D eigenvalue weighted by Gasteiger charge is 2.22. The SMILES string of the molecule is Oc1ccc2cc(Br)ccc2c1C(c1ccccc1)c1ccccc1. The molecule has 0 aliphatic heterocycles. The fourth-order valence-electron chi connectivity index (χ4n) is 3.43. The fourth-order valence-corrected chi connectivity index (χ4v) is 3.81. The first-order valence-corrected chi connectivity index (χ1v) is 9.04. The second-order valence-electron chi connectivity index (χ2n) is 6.12. The molecule has 4 aromatic rings. The summed E-state index contributed by atoms with van der Waals surface area (Å²) >= 11 is 3.54. The molecule has 0 amide bonds. The molecule has 0 spiro atoms. The Balaban J connectivity index is 2.03. The van der Waals surface area contributed by atoms with Gasteiger partial charge in [0, 0.05) is 16.0 Å². The summed E-state index contributed by atoms with van der Waals surface area (Å²) in [7, 11) is 0. The molecule has 0 saturated carbocycles. The molecule has 25 heavy (non-hydrogen) atoms. The standard InChI is InChI=1S/C23H17BrO/c24-19-12-13-20-18(15-19)11-14-21(25)23(20)22(16-7-3-1-4-8-16)17-9-5-2-6-10-17/h1-15,22,25H. The normalized spacial score (nSPS) is 11.1. The summed E-state index contributed by atoms with van der Waals surface area (Å²) in [6, 6.07) is 30.7. The number of phenols is 1. The first-order valence-electron chi connectivity index (χ1n) is 8.25. The number of fused-ring (bicyclic) bond motifs is 1. The maximum absolute atomic E-state index is 10.8. The van der Waals surface area contributed by atoms with Gasteiger partial charge in [-0.2, -0.15) is 0 Å². The largest absolute Gasteiger partial charge is 0.508 e. The Hall–Kier alpha value is -2.58. The van der Waals surface area contributed by atoms with Gasteiger partial charge in [0.25, 0.3) is 0 Å². The number of benzene rings is 4. The summed E-state index contributed by atoms with van der Waals surface area (Å²) < 4.78 is 1.03. The van der Waals surface area contributed by atoms with Gasteiger partial charge < -0.3 is 5.11 Å². The fraction of sp³-hybridized carbons (Fsp3) is 0.0435. The first kappa shape index (κ1) is 15.9. The summed E-state index contributed by atoms with van der Waals surface area (Å²) in [6.45, 7) is 0. The van der Waals surface area contributed by atoms with Gasteiger partial charge in [-0.25, -0.2) is 0 Å². The van der Waals surface area contributed by atoms with Crippen molar-refractivity contribution >= 4 is 26.7 Å². The lowest BCUT2D eigenvalue weighted by Gasteiger charge is -2.22. The van der Waals surface area contributed by atoms with E-state index in [4.69, 9.17) is 0 Å². The maximum atomic E-state index is 10.8. The highest BCUT2D eigenvalue weighted by Crippen LogP contribution is 2.41. The van der Waals surface area contributed by atoms with E-state index in [1.807, 2.05) is 48.5 Å². The molecule has 0 fully saturated rings. The predicted octanol–water partition coefficient (Wildman–Crippen LogP) is 6.49. The van der Waals surface area contributed by atoms with E-state index in [2.05, 4.69) is 52.3 Å². The molecule has 0 bridgehead atoms. The van der Waals surface area contributed by atoms with Crippen LogP contribution in [0.4, 0.5) is 0 Å². The highest BCUT2D eigenvalue weighted by atomic mass is 79.9. The van der Waals surface area contributed by atoms with Crippen LogP contribution in [0, 0.1) is 0 Å². The van der Waals surface area contributed by atoms with Crippen LogP contribution in [-0.2, 0) is 0 Å². The molecule has 4 aromatic carbocycles. The van der Waals surface area contributed by atoms with Gasteiger partial charge in [-0.3, -0.25) is 0 Å². The molecular formula is C23H17BrO. The Morgan fingerprint density at radius 2 is 1.28 bits per heavy atom. The van der Waals surface area contributed by atoms with Crippen LogP contribution in [0.25, 0.3) is 10.8 Å². The van der Waals surface area contributed by atoms with Crippen molar-refractivity contribution in [1.29, 1.82) is 0 Å². The van der Waals surface area contributed by atoms with E-state index in [9.17, 15) is 5.11 Å². The minimum Gasteiger partial charge on any atom is -0.508 e. The molecule has 0 aliphatic carbocycles. The van der Waals surface area contributed by atoms with Gasteiger partial charge >= 0.3 is 0 Å². The van der Waals surface area contributed by atoms with E-state index < -0.39 is 0 Å². The molecule has 0 saturated heterocycles. The van der Waals surface area contributed by atoms with Crippen LogP contribution in [0.3, 0.4) is 0 Å². The van der Waals surface area contributed by atoms with Crippen molar-refractivity contribution in [2.24, 2.45) is 0 Å². The van der Waals surface area contributed by atoms with Crippen molar-refractivity contribution < 1.29 is 5.11 Å². The molecule has 122 valence electrons. The second kappa shape index (κ2) is 6.73. The first-order chi connectivity index (χ1) is 12.2. The van der Waals surface area contributed by atoms with Crippen molar-refractivity contribution in [3.8, 4) is 5.75 Å². The van der Waals surface area contributed by atoms with Gasteiger partial charge in [0.15, 0.2) is 0 Å². The highest BCUT2D eigenvalue weighted by molar-refractivity contribution is 9.10. The monoisotopic (exact) mass is 388 g/mol. The number of phenolic OH excluding ortho intramolecular Hbond substituents is 1. The zero-order chi connectivity index (χ0) is 17.2. The average Bonchev–Trinajstić information content (AvgIpc) is 2.66. The summed E-state index contributed by atoms with van der Waals surface area (Å²) in [5.41, 5.74) is 3.28. The number of hydrogen-bond acceptors (Lipinski definition) is 1. The van der Waals surface area contributed by atoms with Gasteiger partial charge in [0.05, 0.1) is 0 Å². The molecule has 0 radical (unpaired) electrons. The Labute approximate surface area is 155 Å². The van der Waals surface area contributed by atoms with E-state index in [1.165, 1.54) is 11.1 Å². The second-order valence-corrected chi connectivity index (χ2v) is 7.03. The van der Waals surface area contributed by atoms with E-state index in [-0.39, 0.29) is 5.92 Å². The molecule has 0 aromatic heterocycles. The van der Waals surface area contributed by atoms with Crippen molar-refractivity contribution in [3.63, 3.8) is 0 Å². The number of aromatic hydroxyl groups is 1. The lowest BCUT2D eigenvalue weighted by molar-refractivity contribution is 0.468. The molecule has 0 atom stereocenters. The van der Waals surface area contributed by atoms with Gasteiger partial charge in [-0.05, 0) is 40.1 Å². The molecule has 0 heterocycles. The van der Waals surface area contributed by atoms with Crippen molar-refractivity contribution in [2.45, 2.75) is 5.92 Å². The molecule has 0 aliphatic rings. The van der Waals surface area contributed by atoms with Gasteiger partial charge in [-0.15, -0.1) is 0 Å². The van der Waals surface area contributed by atoms with Crippen LogP contribution in [0.15, 0.2) is 95.5 Å². The zero-order valence-electron chi connectivity index (χ0n) is 13.6. The van der Waals surface area contributed by atoms with Crippen LogP contribution in [-0.4, -0.2) is 5.11 Å². The summed E-state index contributed by atoms with van der Waals surface area (Å²) in [6.07, 6.45) is 0. The topological polar surface area (TPSA) is 20.2 Å². The van der Waals surface area contributed by atoms with Crippen LogP contribution in [0.2, 0.25) is 0 Å². The quantitative estimate of drug-likeness (QED) is 0.397. The minimum absolute atomic E-state index is 0.0210. The van der Waals surface area contributed by atoms with Gasteiger partial charge in [0.1, 0.15) is 5.75 Å². The van der Waals surface area contributed by atoms with E-state index in [0.717, 1.165) is 20.8 Å². The third-order valence-electron chi connectivity index (χ3n) is 4.55. The third-order valence-corrected chi connectivity index (χ3v) is 5.05. The smallest absolute Gasteiger partial charge is 0.120 e. The van der Waals surface area contributed by atoms with Crippen molar-refractivity contribution in [1.82, 2.24) is 0 Å². The third kappa shape index (κ3) is 3.06. The Morgan fingerprint density at radius 1 is 0.680 bits per heavy atom. The Kier molecular flexibility index (Phi) is 4.29. The zero-order valence-corrected chi connectivity index (χ0v) is 15.1. The van der Waals surface area contributed by atoms with E-state index >= 15 is 0 Å². The van der Waals surface area contributed by atoms with Crippen molar-refractivity contribution in [3.05, 3.63) is 112 Å². The van der Waals surface area contributed by atoms with Crippen LogP contribution < -0.4 is 0 Å². The lowest BCUT2D eigenvalue weighted by atomic mass is 9.82. The summed E-state index contributed by atoms with van der Waals surface area (Å²) in [5.74, 6) is 0.305. The van der Waals surface area contributed by atoms with E-state index in [1.54, 1.807) is 6.07 Å². The maximum Gasteiger partial charge on any atom is 0.120 e. The number of rotatable bonds is 3. The Bertz CT molecular complexity index is 971. The molecule has 0 unspecified atom stereocenters. The van der Waals surface area contributed by atoms with E-state index in [0.29, 0.717) is 5.75 Å². The van der Waals surface area contributed by atoms with Crippen LogP contribution in [0.1, 0.15) is 22.6 Å². The average molecular weight is 389 g/mol. The summed E-state index contributed by atoms with van der Waals surface area (Å²) in [4.78, 5) is 0. The predicted molar refractivity (Wildman–Crippen MR) is 107 cm³/mol. The number of halogens is 1. The van der Waals surface area contributed by atoms with Crippen LogP contribution >= 0.6 is 15.9 Å². The minimum atomic E-state index is -0.0210. The molecule has 2 heteroatoms. The number of hydrogen-bond donors (Lipinski definition) is 1. The molecular weight excluding hydrogens is 372 g/mol. The van der Waals surface area contributed by atoms with Gasteiger partial charge in [-0.1, -0.05) is 88.7 Å². The molecule has 4 rings (SSSR count). The van der Waals surface area contributed by atoms with Crippen LogP contribution in [0.5, 0.6) is 5.75 Å². The summed E-state index contributed by atoms with van der Waals surface area (Å²) in [5, 5.41) is 12.9. The Morgan fingerprint density at radius 3 is 1.88 bits per heavy atom.